The van der Waals surface area contributed by atoms with Crippen molar-refractivity contribution in [3.8, 4) is 0 Å². The van der Waals surface area contributed by atoms with E-state index in [1.54, 1.807) is 7.11 Å². The normalized spacial score (nSPS) is 10.4. The molecule has 0 atom stereocenters. The van der Waals surface area contributed by atoms with Gasteiger partial charge in [0.25, 0.3) is 0 Å². The Morgan fingerprint density at radius 2 is 2.00 bits per heavy atom. The quantitative estimate of drug-likeness (QED) is 0.679. The first-order valence-corrected chi connectivity index (χ1v) is 6.19. The summed E-state index contributed by atoms with van der Waals surface area (Å²) in [5, 5.41) is 3.50. The molecule has 0 radical (unpaired) electrons. The molecule has 0 spiro atoms. The molecule has 1 aromatic carbocycles. The lowest BCUT2D eigenvalue weighted by Crippen LogP contribution is -2.05. The van der Waals surface area contributed by atoms with E-state index in [4.69, 9.17) is 4.74 Å². The zero-order valence-electron chi connectivity index (χ0n) is 10.5. The third-order valence-corrected chi connectivity index (χ3v) is 2.63. The van der Waals surface area contributed by atoms with Crippen molar-refractivity contribution < 1.29 is 4.74 Å². The number of benzene rings is 1. The zero-order valence-corrected chi connectivity index (χ0v) is 10.5. The van der Waals surface area contributed by atoms with Crippen molar-refractivity contribution in [2.75, 3.05) is 25.6 Å². The van der Waals surface area contributed by atoms with Gasteiger partial charge in [0.2, 0.25) is 0 Å². The maximum absolute atomic E-state index is 5.03. The van der Waals surface area contributed by atoms with Gasteiger partial charge in [0, 0.05) is 25.9 Å². The second kappa shape index (κ2) is 8.17. The molecule has 1 aromatic rings. The minimum atomic E-state index is 0.859. The maximum atomic E-state index is 5.03. The van der Waals surface area contributed by atoms with E-state index in [1.165, 1.54) is 17.7 Å². The van der Waals surface area contributed by atoms with Gasteiger partial charge < -0.3 is 10.1 Å². The van der Waals surface area contributed by atoms with Crippen LogP contribution in [0, 0.1) is 0 Å². The highest BCUT2D eigenvalue weighted by Gasteiger charge is 1.99. The maximum Gasteiger partial charge on any atom is 0.0462 e. The van der Waals surface area contributed by atoms with E-state index in [0.29, 0.717) is 0 Å². The van der Waals surface area contributed by atoms with Crippen LogP contribution in [0.2, 0.25) is 0 Å². The van der Waals surface area contributed by atoms with Gasteiger partial charge in [0.05, 0.1) is 0 Å². The van der Waals surface area contributed by atoms with Crippen molar-refractivity contribution in [2.45, 2.75) is 32.6 Å². The van der Waals surface area contributed by atoms with Gasteiger partial charge in [-0.3, -0.25) is 0 Å². The molecule has 1 rings (SSSR count). The number of anilines is 1. The van der Waals surface area contributed by atoms with Crippen LogP contribution in [0.1, 0.15) is 31.7 Å². The molecule has 0 saturated carbocycles. The minimum absolute atomic E-state index is 0.859. The molecule has 0 aliphatic rings. The summed E-state index contributed by atoms with van der Waals surface area (Å²) in [7, 11) is 1.75. The average molecular weight is 221 g/mol. The fraction of sp³-hybridized carbons (Fsp3) is 0.571. The first kappa shape index (κ1) is 13.0. The topological polar surface area (TPSA) is 21.3 Å². The lowest BCUT2D eigenvalue weighted by Gasteiger charge is -2.11. The van der Waals surface area contributed by atoms with E-state index in [1.807, 2.05) is 0 Å². The van der Waals surface area contributed by atoms with Gasteiger partial charge in [0.1, 0.15) is 0 Å². The molecule has 0 bridgehead atoms. The molecule has 16 heavy (non-hydrogen) atoms. The SMILES string of the molecule is CCCc1ccccc1NCCCCOC. The molecule has 0 unspecified atom stereocenters. The fourth-order valence-electron chi connectivity index (χ4n) is 1.77. The summed E-state index contributed by atoms with van der Waals surface area (Å²) in [5.74, 6) is 0. The van der Waals surface area contributed by atoms with Crippen LogP contribution in [-0.2, 0) is 11.2 Å². The van der Waals surface area contributed by atoms with Gasteiger partial charge in [-0.1, -0.05) is 31.5 Å². The molecule has 0 aliphatic heterocycles. The van der Waals surface area contributed by atoms with Crippen LogP contribution >= 0.6 is 0 Å². The molecule has 0 heterocycles. The number of unbranched alkanes of at least 4 members (excludes halogenated alkanes) is 1. The van der Waals surface area contributed by atoms with E-state index in [2.05, 4.69) is 36.5 Å². The fourth-order valence-corrected chi connectivity index (χ4v) is 1.77. The third kappa shape index (κ3) is 4.67. The Bertz CT molecular complexity index is 286. The van der Waals surface area contributed by atoms with Gasteiger partial charge in [-0.05, 0) is 30.9 Å². The van der Waals surface area contributed by atoms with Crippen LogP contribution in [0.3, 0.4) is 0 Å². The second-order valence-electron chi connectivity index (χ2n) is 4.03. The molecule has 90 valence electrons. The van der Waals surface area contributed by atoms with Crippen molar-refractivity contribution in [1.82, 2.24) is 0 Å². The van der Waals surface area contributed by atoms with Crippen LogP contribution in [0.4, 0.5) is 5.69 Å². The minimum Gasteiger partial charge on any atom is -0.385 e. The van der Waals surface area contributed by atoms with Crippen molar-refractivity contribution in [3.63, 3.8) is 0 Å². The van der Waals surface area contributed by atoms with Crippen LogP contribution in [0.25, 0.3) is 0 Å². The summed E-state index contributed by atoms with van der Waals surface area (Å²) in [6.07, 6.45) is 4.64. The average Bonchev–Trinajstić information content (AvgIpc) is 2.31. The Labute approximate surface area is 99.0 Å². The van der Waals surface area contributed by atoms with Crippen molar-refractivity contribution in [1.29, 1.82) is 0 Å². The molecule has 0 saturated heterocycles. The Morgan fingerprint density at radius 1 is 1.19 bits per heavy atom. The molecular weight excluding hydrogens is 198 g/mol. The van der Waals surface area contributed by atoms with E-state index in [0.717, 1.165) is 32.4 Å². The monoisotopic (exact) mass is 221 g/mol. The van der Waals surface area contributed by atoms with Gasteiger partial charge in [-0.15, -0.1) is 0 Å². The highest BCUT2D eigenvalue weighted by molar-refractivity contribution is 5.51. The molecule has 1 N–H and O–H groups in total. The van der Waals surface area contributed by atoms with Crippen LogP contribution in [-0.4, -0.2) is 20.3 Å². The van der Waals surface area contributed by atoms with Crippen LogP contribution in [0.15, 0.2) is 24.3 Å². The molecular formula is C14H23NO. The summed E-state index contributed by atoms with van der Waals surface area (Å²) in [6.45, 7) is 4.11. The highest BCUT2D eigenvalue weighted by Crippen LogP contribution is 2.16. The zero-order chi connectivity index (χ0) is 11.6. The highest BCUT2D eigenvalue weighted by atomic mass is 16.5. The van der Waals surface area contributed by atoms with Crippen LogP contribution in [0.5, 0.6) is 0 Å². The standard InChI is InChI=1S/C14H23NO/c1-3-8-13-9-4-5-10-14(13)15-11-6-7-12-16-2/h4-5,9-10,15H,3,6-8,11-12H2,1-2H3. The van der Waals surface area contributed by atoms with E-state index in [-0.39, 0.29) is 0 Å². The van der Waals surface area contributed by atoms with Gasteiger partial charge in [-0.2, -0.15) is 0 Å². The van der Waals surface area contributed by atoms with Crippen molar-refractivity contribution >= 4 is 5.69 Å². The molecule has 0 amide bonds. The second-order valence-corrected chi connectivity index (χ2v) is 4.03. The number of methoxy groups -OCH3 is 1. The smallest absolute Gasteiger partial charge is 0.0462 e. The number of hydrogen-bond acceptors (Lipinski definition) is 2. The van der Waals surface area contributed by atoms with E-state index in [9.17, 15) is 0 Å². The molecule has 2 nitrogen and oxygen atoms in total. The predicted octanol–water partition coefficient (Wildman–Crippen LogP) is 3.48. The summed E-state index contributed by atoms with van der Waals surface area (Å²) >= 11 is 0. The summed E-state index contributed by atoms with van der Waals surface area (Å²) in [6, 6.07) is 8.58. The number of hydrogen-bond donors (Lipinski definition) is 1. The predicted molar refractivity (Wildman–Crippen MR) is 70.0 cm³/mol. The number of rotatable bonds is 8. The number of nitrogens with one attached hydrogen (secondary N) is 1. The Morgan fingerprint density at radius 3 is 2.75 bits per heavy atom. The molecule has 0 aromatic heterocycles. The lowest BCUT2D eigenvalue weighted by atomic mass is 10.1. The molecule has 0 fully saturated rings. The molecule has 0 aliphatic carbocycles. The number of ether oxygens (including phenoxy) is 1. The largest absolute Gasteiger partial charge is 0.385 e. The molecule has 2 heteroatoms. The Balaban J connectivity index is 2.34. The lowest BCUT2D eigenvalue weighted by molar-refractivity contribution is 0.194. The van der Waals surface area contributed by atoms with Crippen LogP contribution < -0.4 is 5.32 Å². The Hall–Kier alpha value is -1.02. The van der Waals surface area contributed by atoms with Gasteiger partial charge in [0.15, 0.2) is 0 Å². The van der Waals surface area contributed by atoms with Gasteiger partial charge in [-0.25, -0.2) is 0 Å². The number of aryl methyl sites for hydroxylation is 1. The van der Waals surface area contributed by atoms with Crippen molar-refractivity contribution in [3.05, 3.63) is 29.8 Å². The summed E-state index contributed by atoms with van der Waals surface area (Å²) in [4.78, 5) is 0. The first-order chi connectivity index (χ1) is 7.88. The number of para-hydroxylation sites is 1. The third-order valence-electron chi connectivity index (χ3n) is 2.63. The van der Waals surface area contributed by atoms with Gasteiger partial charge >= 0.3 is 0 Å². The first-order valence-electron chi connectivity index (χ1n) is 6.19. The van der Waals surface area contributed by atoms with Crippen molar-refractivity contribution in [2.24, 2.45) is 0 Å². The summed E-state index contributed by atoms with van der Waals surface area (Å²) < 4.78 is 5.03. The summed E-state index contributed by atoms with van der Waals surface area (Å²) in [5.41, 5.74) is 2.72. The Kier molecular flexibility index (Phi) is 6.66. The van der Waals surface area contributed by atoms with E-state index >= 15 is 0 Å². The van der Waals surface area contributed by atoms with E-state index < -0.39 is 0 Å².